The molecule has 2 heterocycles. The average Bonchev–Trinajstić information content (AvgIpc) is 2.21. The zero-order valence-electron chi connectivity index (χ0n) is 9.41. The number of hydrogen-bond acceptors (Lipinski definition) is 1. The summed E-state index contributed by atoms with van der Waals surface area (Å²) in [6.07, 6.45) is 8.42. The first-order chi connectivity index (χ1) is 7.24. The van der Waals surface area contributed by atoms with E-state index in [1.807, 2.05) is 6.08 Å². The summed E-state index contributed by atoms with van der Waals surface area (Å²) in [4.78, 5) is 14.1. The molecule has 0 aromatic rings. The van der Waals surface area contributed by atoms with Gasteiger partial charge in [-0.25, -0.2) is 0 Å². The van der Waals surface area contributed by atoms with Gasteiger partial charge in [-0.05, 0) is 44.4 Å². The molecule has 0 spiro atoms. The summed E-state index contributed by atoms with van der Waals surface area (Å²) in [5.41, 5.74) is 1.28. The van der Waals surface area contributed by atoms with Crippen molar-refractivity contribution in [3.8, 4) is 0 Å². The Morgan fingerprint density at radius 2 is 2.27 bits per heavy atom. The molecule has 1 saturated heterocycles. The molecule has 1 aliphatic carbocycles. The lowest BCUT2D eigenvalue weighted by molar-refractivity contribution is -0.135. The van der Waals surface area contributed by atoms with Gasteiger partial charge in [0.25, 0.3) is 0 Å². The Balaban J connectivity index is 1.89. The highest BCUT2D eigenvalue weighted by atomic mass is 16.2. The minimum atomic E-state index is 0.278. The third-order valence-corrected chi connectivity index (χ3v) is 4.41. The Morgan fingerprint density at radius 1 is 1.40 bits per heavy atom. The molecule has 0 aromatic carbocycles. The van der Waals surface area contributed by atoms with Crippen LogP contribution in [-0.2, 0) is 4.79 Å². The number of rotatable bonds is 0. The molecule has 2 aliphatic heterocycles. The minimum Gasteiger partial charge on any atom is -0.335 e. The molecule has 0 radical (unpaired) electrons. The quantitative estimate of drug-likeness (QED) is 0.594. The van der Waals surface area contributed by atoms with Gasteiger partial charge in [-0.15, -0.1) is 0 Å². The molecule has 2 bridgehead atoms. The van der Waals surface area contributed by atoms with Gasteiger partial charge in [-0.2, -0.15) is 0 Å². The third kappa shape index (κ3) is 1.51. The average molecular weight is 205 g/mol. The lowest BCUT2D eigenvalue weighted by Crippen LogP contribution is -2.54. The summed E-state index contributed by atoms with van der Waals surface area (Å²) in [7, 11) is 0. The largest absolute Gasteiger partial charge is 0.335 e. The SMILES string of the molecule is CC1=CC(=O)N2CC3CCC[C@H](C3)[C@@H]2C1. The number of amides is 1. The van der Waals surface area contributed by atoms with Crippen molar-refractivity contribution in [1.29, 1.82) is 0 Å². The Bertz CT molecular complexity index is 320. The molecule has 15 heavy (non-hydrogen) atoms. The summed E-state index contributed by atoms with van der Waals surface area (Å²) in [5.74, 6) is 1.88. The van der Waals surface area contributed by atoms with Crippen molar-refractivity contribution in [2.24, 2.45) is 11.8 Å². The number of hydrogen-bond donors (Lipinski definition) is 0. The molecule has 0 aromatic heterocycles. The van der Waals surface area contributed by atoms with Crippen molar-refractivity contribution >= 4 is 5.91 Å². The van der Waals surface area contributed by atoms with Crippen LogP contribution in [0.1, 0.15) is 39.0 Å². The summed E-state index contributed by atoms with van der Waals surface area (Å²) < 4.78 is 0. The van der Waals surface area contributed by atoms with Crippen LogP contribution in [0.5, 0.6) is 0 Å². The summed E-state index contributed by atoms with van der Waals surface area (Å²) in [6, 6.07) is 0.541. The first kappa shape index (κ1) is 9.44. The molecule has 3 rings (SSSR count). The standard InChI is InChI=1S/C13H19NO/c1-9-5-12-11-4-2-3-10(7-11)8-14(12)13(15)6-9/h6,10-12H,2-5,7-8H2,1H3/t10?,11-,12+/m1/s1. The highest BCUT2D eigenvalue weighted by molar-refractivity contribution is 5.89. The predicted octanol–water partition coefficient (Wildman–Crippen LogP) is 2.35. The van der Waals surface area contributed by atoms with Gasteiger partial charge in [0.1, 0.15) is 0 Å². The lowest BCUT2D eigenvalue weighted by atomic mass is 9.71. The van der Waals surface area contributed by atoms with E-state index in [0.29, 0.717) is 6.04 Å². The molecule has 2 nitrogen and oxygen atoms in total. The summed E-state index contributed by atoms with van der Waals surface area (Å²) in [6.45, 7) is 3.13. The maximum absolute atomic E-state index is 11.9. The molecule has 82 valence electrons. The van der Waals surface area contributed by atoms with Gasteiger partial charge >= 0.3 is 0 Å². The first-order valence-electron chi connectivity index (χ1n) is 6.22. The van der Waals surface area contributed by atoms with E-state index >= 15 is 0 Å². The summed E-state index contributed by atoms with van der Waals surface area (Å²) in [5, 5.41) is 0. The zero-order valence-corrected chi connectivity index (χ0v) is 9.41. The van der Waals surface area contributed by atoms with Crippen LogP contribution in [0, 0.1) is 11.8 Å². The Kier molecular flexibility index (Phi) is 2.11. The molecular weight excluding hydrogens is 186 g/mol. The number of carbonyl (C=O) groups excluding carboxylic acids is 1. The van der Waals surface area contributed by atoms with E-state index in [2.05, 4.69) is 11.8 Å². The smallest absolute Gasteiger partial charge is 0.246 e. The molecular formula is C13H19NO. The van der Waals surface area contributed by atoms with Crippen LogP contribution in [-0.4, -0.2) is 23.4 Å². The Labute approximate surface area is 91.3 Å². The van der Waals surface area contributed by atoms with E-state index in [9.17, 15) is 4.79 Å². The van der Waals surface area contributed by atoms with Gasteiger partial charge in [0.2, 0.25) is 5.91 Å². The predicted molar refractivity (Wildman–Crippen MR) is 59.3 cm³/mol. The highest BCUT2D eigenvalue weighted by Crippen LogP contribution is 2.41. The second-order valence-electron chi connectivity index (χ2n) is 5.55. The van der Waals surface area contributed by atoms with Crippen LogP contribution >= 0.6 is 0 Å². The van der Waals surface area contributed by atoms with Crippen LogP contribution in [0.4, 0.5) is 0 Å². The van der Waals surface area contributed by atoms with E-state index in [1.54, 1.807) is 0 Å². The van der Waals surface area contributed by atoms with Crippen LogP contribution in [0.2, 0.25) is 0 Å². The molecule has 2 heteroatoms. The molecule has 0 N–H and O–H groups in total. The van der Waals surface area contributed by atoms with Crippen LogP contribution in [0.15, 0.2) is 11.6 Å². The van der Waals surface area contributed by atoms with Gasteiger partial charge in [-0.1, -0.05) is 12.0 Å². The van der Waals surface area contributed by atoms with E-state index in [0.717, 1.165) is 24.8 Å². The Hall–Kier alpha value is -0.790. The molecule has 1 amide bonds. The van der Waals surface area contributed by atoms with Crippen molar-refractivity contribution in [3.05, 3.63) is 11.6 Å². The molecule has 3 aliphatic rings. The fourth-order valence-electron chi connectivity index (χ4n) is 3.73. The van der Waals surface area contributed by atoms with Crippen LogP contribution < -0.4 is 0 Å². The molecule has 3 atom stereocenters. The number of fused-ring (bicyclic) bond motifs is 4. The maximum atomic E-state index is 11.9. The number of nitrogens with zero attached hydrogens (tertiary/aromatic N) is 1. The fraction of sp³-hybridized carbons (Fsp3) is 0.769. The van der Waals surface area contributed by atoms with Gasteiger partial charge in [0.15, 0.2) is 0 Å². The maximum Gasteiger partial charge on any atom is 0.246 e. The van der Waals surface area contributed by atoms with E-state index in [1.165, 1.54) is 31.3 Å². The lowest BCUT2D eigenvalue weighted by Gasteiger charge is -2.49. The topological polar surface area (TPSA) is 20.3 Å². The van der Waals surface area contributed by atoms with Crippen molar-refractivity contribution < 1.29 is 4.79 Å². The van der Waals surface area contributed by atoms with Gasteiger partial charge in [0, 0.05) is 18.7 Å². The Morgan fingerprint density at radius 3 is 3.13 bits per heavy atom. The van der Waals surface area contributed by atoms with E-state index < -0.39 is 0 Å². The number of piperidine rings is 1. The van der Waals surface area contributed by atoms with Gasteiger partial charge < -0.3 is 4.90 Å². The zero-order chi connectivity index (χ0) is 10.4. The second-order valence-corrected chi connectivity index (χ2v) is 5.55. The first-order valence-corrected chi connectivity index (χ1v) is 6.22. The third-order valence-electron chi connectivity index (χ3n) is 4.41. The van der Waals surface area contributed by atoms with Crippen molar-refractivity contribution in [2.45, 2.75) is 45.1 Å². The van der Waals surface area contributed by atoms with E-state index in [4.69, 9.17) is 0 Å². The van der Waals surface area contributed by atoms with Crippen molar-refractivity contribution in [1.82, 2.24) is 4.90 Å². The minimum absolute atomic E-state index is 0.278. The normalized spacial score (nSPS) is 39.8. The van der Waals surface area contributed by atoms with Crippen LogP contribution in [0.25, 0.3) is 0 Å². The monoisotopic (exact) mass is 205 g/mol. The van der Waals surface area contributed by atoms with E-state index in [-0.39, 0.29) is 5.91 Å². The molecule has 2 fully saturated rings. The summed E-state index contributed by atoms with van der Waals surface area (Å²) >= 11 is 0. The second kappa shape index (κ2) is 3.36. The number of carbonyl (C=O) groups is 1. The molecule has 1 saturated carbocycles. The molecule has 1 unspecified atom stereocenters. The van der Waals surface area contributed by atoms with Gasteiger partial charge in [-0.3, -0.25) is 4.79 Å². The fourth-order valence-corrected chi connectivity index (χ4v) is 3.73. The van der Waals surface area contributed by atoms with Gasteiger partial charge in [0.05, 0.1) is 0 Å². The van der Waals surface area contributed by atoms with Crippen molar-refractivity contribution in [3.63, 3.8) is 0 Å². The van der Waals surface area contributed by atoms with Crippen molar-refractivity contribution in [2.75, 3.05) is 6.54 Å². The van der Waals surface area contributed by atoms with Crippen LogP contribution in [0.3, 0.4) is 0 Å². The highest BCUT2D eigenvalue weighted by Gasteiger charge is 2.41.